The first-order valence-electron chi connectivity index (χ1n) is 5.90. The molecule has 1 aromatic carbocycles. The Morgan fingerprint density at radius 2 is 2.05 bits per heavy atom. The largest absolute Gasteiger partial charge is 0.475 e. The topological polar surface area (TPSA) is 63.3 Å². The number of nitrogens with zero attached hydrogens (tertiary/aromatic N) is 1. The highest BCUT2D eigenvalue weighted by molar-refractivity contribution is 9.10. The number of hydrogen-bond donors (Lipinski definition) is 1. The van der Waals surface area contributed by atoms with E-state index < -0.39 is 17.2 Å². The molecule has 0 amide bonds. The third-order valence-electron chi connectivity index (χ3n) is 2.69. The summed E-state index contributed by atoms with van der Waals surface area (Å²) in [6.45, 7) is 5.46. The van der Waals surface area contributed by atoms with Crippen LogP contribution in [0.2, 0.25) is 0 Å². The summed E-state index contributed by atoms with van der Waals surface area (Å²) in [6, 6.07) is 4.40. The monoisotopic (exact) mass is 341 g/mol. The molecule has 1 heterocycles. The zero-order valence-electron chi connectivity index (χ0n) is 11.2. The van der Waals surface area contributed by atoms with Crippen LogP contribution >= 0.6 is 15.9 Å². The fourth-order valence-electron chi connectivity index (χ4n) is 1.75. The van der Waals surface area contributed by atoms with Crippen molar-refractivity contribution < 1.29 is 18.7 Å². The molecular formula is C14H13BrFNO3. The van der Waals surface area contributed by atoms with Crippen molar-refractivity contribution in [1.29, 1.82) is 0 Å². The number of hydrogen-bond acceptors (Lipinski definition) is 3. The minimum absolute atomic E-state index is 0.0303. The number of oxazole rings is 1. The molecule has 0 radical (unpaired) electrons. The summed E-state index contributed by atoms with van der Waals surface area (Å²) in [4.78, 5) is 15.4. The summed E-state index contributed by atoms with van der Waals surface area (Å²) in [5, 5.41) is 9.17. The van der Waals surface area contributed by atoms with Crippen LogP contribution in [0.3, 0.4) is 0 Å². The number of benzene rings is 1. The third-order valence-corrected chi connectivity index (χ3v) is 3.19. The number of halogens is 2. The van der Waals surface area contributed by atoms with Gasteiger partial charge < -0.3 is 9.52 Å². The molecule has 106 valence electrons. The predicted molar refractivity (Wildman–Crippen MR) is 75.3 cm³/mol. The molecule has 0 fully saturated rings. The van der Waals surface area contributed by atoms with Crippen molar-refractivity contribution in [3.8, 4) is 11.5 Å². The second-order valence-corrected chi connectivity index (χ2v) is 6.29. The second-order valence-electron chi connectivity index (χ2n) is 5.38. The Hall–Kier alpha value is -1.69. The number of carbonyl (C=O) groups is 1. The van der Waals surface area contributed by atoms with Crippen molar-refractivity contribution in [2.45, 2.75) is 26.2 Å². The van der Waals surface area contributed by atoms with Crippen molar-refractivity contribution in [1.82, 2.24) is 4.98 Å². The number of rotatable bonds is 2. The van der Waals surface area contributed by atoms with Crippen LogP contribution in [0.25, 0.3) is 11.5 Å². The summed E-state index contributed by atoms with van der Waals surface area (Å²) in [5.74, 6) is -2.03. The Bertz CT molecular complexity index is 674. The van der Waals surface area contributed by atoms with E-state index in [4.69, 9.17) is 9.52 Å². The van der Waals surface area contributed by atoms with Crippen LogP contribution in [0.1, 0.15) is 37.0 Å². The molecule has 2 rings (SSSR count). The van der Waals surface area contributed by atoms with Crippen molar-refractivity contribution in [2.24, 2.45) is 0 Å². The molecule has 0 aliphatic rings. The molecule has 2 aromatic rings. The molecule has 0 bridgehead atoms. The highest BCUT2D eigenvalue weighted by Gasteiger charge is 2.29. The van der Waals surface area contributed by atoms with Crippen LogP contribution in [0, 0.1) is 5.82 Å². The van der Waals surface area contributed by atoms with Crippen LogP contribution in [0.5, 0.6) is 0 Å². The van der Waals surface area contributed by atoms with E-state index >= 15 is 0 Å². The first-order valence-corrected chi connectivity index (χ1v) is 6.69. The minimum atomic E-state index is -1.22. The van der Waals surface area contributed by atoms with Gasteiger partial charge in [0.15, 0.2) is 0 Å². The Kier molecular flexibility index (Phi) is 3.69. The minimum Gasteiger partial charge on any atom is -0.475 e. The maximum absolute atomic E-state index is 13.9. The van der Waals surface area contributed by atoms with Gasteiger partial charge in [0.25, 0.3) is 0 Å². The zero-order chi connectivity index (χ0) is 15.1. The van der Waals surface area contributed by atoms with Crippen LogP contribution in [0.15, 0.2) is 27.1 Å². The normalized spacial score (nSPS) is 11.7. The Morgan fingerprint density at radius 3 is 2.50 bits per heavy atom. The van der Waals surface area contributed by atoms with E-state index in [2.05, 4.69) is 20.9 Å². The fraction of sp³-hybridized carbons (Fsp3) is 0.286. The van der Waals surface area contributed by atoms with Gasteiger partial charge in [-0.2, -0.15) is 0 Å². The van der Waals surface area contributed by atoms with Crippen molar-refractivity contribution >= 4 is 21.9 Å². The molecule has 1 N–H and O–H groups in total. The highest BCUT2D eigenvalue weighted by Crippen LogP contribution is 2.32. The maximum atomic E-state index is 13.9. The van der Waals surface area contributed by atoms with E-state index in [1.165, 1.54) is 12.1 Å². The SMILES string of the molecule is CC(C)(C)c1nc(-c2ccc(Br)cc2F)oc1C(=O)O. The molecule has 4 nitrogen and oxygen atoms in total. The highest BCUT2D eigenvalue weighted by atomic mass is 79.9. The van der Waals surface area contributed by atoms with Gasteiger partial charge in [0.1, 0.15) is 11.5 Å². The van der Waals surface area contributed by atoms with Gasteiger partial charge in [-0.15, -0.1) is 0 Å². The predicted octanol–water partition coefficient (Wildman–Crippen LogP) is 4.24. The van der Waals surface area contributed by atoms with E-state index in [1.807, 2.05) is 20.8 Å². The van der Waals surface area contributed by atoms with Crippen LogP contribution in [-0.2, 0) is 5.41 Å². The van der Waals surface area contributed by atoms with E-state index in [0.717, 1.165) is 0 Å². The molecular weight excluding hydrogens is 329 g/mol. The molecule has 6 heteroatoms. The van der Waals surface area contributed by atoms with Gasteiger partial charge >= 0.3 is 5.97 Å². The standard InChI is InChI=1S/C14H13BrFNO3/c1-14(2,3)11-10(13(18)19)20-12(17-11)8-5-4-7(15)6-9(8)16/h4-6H,1-3H3,(H,18,19). The first-order chi connectivity index (χ1) is 9.20. The van der Waals surface area contributed by atoms with E-state index in [-0.39, 0.29) is 17.2 Å². The fourth-order valence-corrected chi connectivity index (χ4v) is 2.08. The quantitative estimate of drug-likeness (QED) is 0.887. The molecule has 1 aromatic heterocycles. The summed E-state index contributed by atoms with van der Waals surface area (Å²) in [6.07, 6.45) is 0. The molecule has 0 aliphatic carbocycles. The lowest BCUT2D eigenvalue weighted by Crippen LogP contribution is -2.16. The molecule has 0 saturated carbocycles. The van der Waals surface area contributed by atoms with Gasteiger partial charge in [0.2, 0.25) is 11.7 Å². The number of carboxylic acids is 1. The lowest BCUT2D eigenvalue weighted by atomic mass is 9.91. The number of aromatic carboxylic acids is 1. The van der Waals surface area contributed by atoms with Crippen molar-refractivity contribution in [3.05, 3.63) is 39.9 Å². The van der Waals surface area contributed by atoms with Gasteiger partial charge in [-0.05, 0) is 18.2 Å². The van der Waals surface area contributed by atoms with E-state index in [1.54, 1.807) is 6.07 Å². The summed E-state index contributed by atoms with van der Waals surface area (Å²) in [5.41, 5.74) is -0.0880. The van der Waals surface area contributed by atoms with E-state index in [9.17, 15) is 9.18 Å². The Balaban J connectivity index is 2.62. The van der Waals surface area contributed by atoms with Crippen LogP contribution < -0.4 is 0 Å². The summed E-state index contributed by atoms with van der Waals surface area (Å²) in [7, 11) is 0. The lowest BCUT2D eigenvalue weighted by Gasteiger charge is -2.14. The molecule has 20 heavy (non-hydrogen) atoms. The van der Waals surface area contributed by atoms with Gasteiger partial charge in [-0.25, -0.2) is 14.2 Å². The molecule has 0 saturated heterocycles. The zero-order valence-corrected chi connectivity index (χ0v) is 12.8. The van der Waals surface area contributed by atoms with Crippen molar-refractivity contribution in [3.63, 3.8) is 0 Å². The van der Waals surface area contributed by atoms with Gasteiger partial charge in [0, 0.05) is 9.89 Å². The van der Waals surface area contributed by atoms with Gasteiger partial charge in [-0.1, -0.05) is 36.7 Å². The Labute approximate surface area is 123 Å². The smallest absolute Gasteiger partial charge is 0.373 e. The third kappa shape index (κ3) is 2.75. The van der Waals surface area contributed by atoms with E-state index in [0.29, 0.717) is 10.2 Å². The molecule has 0 unspecified atom stereocenters. The molecule has 0 spiro atoms. The lowest BCUT2D eigenvalue weighted by molar-refractivity contribution is 0.0659. The van der Waals surface area contributed by atoms with Crippen LogP contribution in [-0.4, -0.2) is 16.1 Å². The Morgan fingerprint density at radius 1 is 1.40 bits per heavy atom. The van der Waals surface area contributed by atoms with Gasteiger partial charge in [0.05, 0.1) is 5.56 Å². The average molecular weight is 342 g/mol. The first kappa shape index (κ1) is 14.7. The second kappa shape index (κ2) is 5.01. The number of aromatic nitrogens is 1. The summed E-state index contributed by atoms with van der Waals surface area (Å²) >= 11 is 3.16. The van der Waals surface area contributed by atoms with Crippen LogP contribution in [0.4, 0.5) is 4.39 Å². The summed E-state index contributed by atoms with van der Waals surface area (Å²) < 4.78 is 19.7. The maximum Gasteiger partial charge on any atom is 0.373 e. The van der Waals surface area contributed by atoms with Crippen molar-refractivity contribution in [2.75, 3.05) is 0 Å². The molecule has 0 aliphatic heterocycles. The molecule has 0 atom stereocenters. The van der Waals surface area contributed by atoms with Gasteiger partial charge in [-0.3, -0.25) is 0 Å². The number of carboxylic acid groups (broad SMARTS) is 1. The average Bonchev–Trinajstić information content (AvgIpc) is 2.73.